The molecule has 0 unspecified atom stereocenters. The highest BCUT2D eigenvalue weighted by Gasteiger charge is 2.23. The number of hydrogen-bond donors (Lipinski definition) is 1. The van der Waals surface area contributed by atoms with Gasteiger partial charge in [0.25, 0.3) is 0 Å². The Balaban J connectivity index is 1.52. The number of nitrogens with zero attached hydrogens (tertiary/aromatic N) is 2. The summed E-state index contributed by atoms with van der Waals surface area (Å²) in [5.74, 6) is 3.68. The van der Waals surface area contributed by atoms with E-state index < -0.39 is 5.63 Å². The van der Waals surface area contributed by atoms with Gasteiger partial charge in [-0.25, -0.2) is 4.79 Å². The van der Waals surface area contributed by atoms with Crippen molar-refractivity contribution in [1.29, 1.82) is 0 Å². The Morgan fingerprint density at radius 1 is 1.03 bits per heavy atom. The van der Waals surface area contributed by atoms with Crippen molar-refractivity contribution in [3.63, 3.8) is 0 Å². The molecule has 1 N–H and O–H groups in total. The lowest BCUT2D eigenvalue weighted by Crippen LogP contribution is -2.33. The number of methoxy groups -OCH3 is 2. The Morgan fingerprint density at radius 3 is 2.43 bits per heavy atom. The number of fused-ring (bicyclic) bond motifs is 1. The Morgan fingerprint density at radius 2 is 1.73 bits per heavy atom. The molecule has 2 aromatic rings. The molecule has 0 aliphatic carbocycles. The normalized spacial score (nSPS) is 17.5. The van der Waals surface area contributed by atoms with Crippen LogP contribution < -0.4 is 15.1 Å². The van der Waals surface area contributed by atoms with E-state index in [4.69, 9.17) is 13.9 Å². The molecular weight excluding hydrogens is 404 g/mol. The zero-order chi connectivity index (χ0) is 21.1. The van der Waals surface area contributed by atoms with E-state index in [0.29, 0.717) is 36.5 Å². The fourth-order valence-corrected chi connectivity index (χ4v) is 5.07. The maximum absolute atomic E-state index is 12.4. The van der Waals surface area contributed by atoms with E-state index in [-0.39, 0.29) is 5.75 Å². The van der Waals surface area contributed by atoms with Gasteiger partial charge in [-0.15, -0.1) is 0 Å². The fourth-order valence-electron chi connectivity index (χ4n) is 4.09. The Bertz CT molecular complexity index is 955. The number of thioether (sulfide) groups is 1. The standard InChI is InChI=1S/C22H28N2O5S/c1-27-19-9-15-3-4-24(11-16(15)10-20(19)28-2)13-18-21(25)17(14-29-22(18)26)12-23-5-7-30-8-6-23/h9-10,14,25H,3-8,11-13H2,1-2H3. The molecule has 3 heterocycles. The average Bonchev–Trinajstić information content (AvgIpc) is 2.78. The molecule has 8 heteroatoms. The minimum Gasteiger partial charge on any atom is -0.507 e. The van der Waals surface area contributed by atoms with Gasteiger partial charge >= 0.3 is 5.63 Å². The van der Waals surface area contributed by atoms with Gasteiger partial charge in [0.05, 0.1) is 19.8 Å². The van der Waals surface area contributed by atoms with Crippen molar-refractivity contribution in [2.45, 2.75) is 26.1 Å². The molecule has 1 saturated heterocycles. The van der Waals surface area contributed by atoms with Crippen LogP contribution in [0.4, 0.5) is 0 Å². The molecule has 0 spiro atoms. The first kappa shape index (κ1) is 21.1. The van der Waals surface area contributed by atoms with E-state index in [2.05, 4.69) is 9.80 Å². The number of rotatable bonds is 6. The summed E-state index contributed by atoms with van der Waals surface area (Å²) in [5, 5.41) is 10.8. The molecule has 7 nitrogen and oxygen atoms in total. The summed E-state index contributed by atoms with van der Waals surface area (Å²) in [5.41, 5.74) is 2.91. The van der Waals surface area contributed by atoms with Crippen LogP contribution in [-0.2, 0) is 26.1 Å². The van der Waals surface area contributed by atoms with Crippen molar-refractivity contribution < 1.29 is 19.0 Å². The minimum absolute atomic E-state index is 0.0718. The van der Waals surface area contributed by atoms with E-state index in [1.807, 2.05) is 23.9 Å². The van der Waals surface area contributed by atoms with Crippen molar-refractivity contribution in [1.82, 2.24) is 9.80 Å². The molecule has 1 fully saturated rings. The fraction of sp³-hybridized carbons (Fsp3) is 0.500. The summed E-state index contributed by atoms with van der Waals surface area (Å²) in [6.45, 7) is 4.37. The average molecular weight is 433 g/mol. The maximum Gasteiger partial charge on any atom is 0.343 e. The number of ether oxygens (including phenoxy) is 2. The van der Waals surface area contributed by atoms with Gasteiger partial charge in [0.15, 0.2) is 11.5 Å². The summed E-state index contributed by atoms with van der Waals surface area (Å²) in [4.78, 5) is 16.8. The van der Waals surface area contributed by atoms with Gasteiger partial charge in [-0.3, -0.25) is 9.80 Å². The van der Waals surface area contributed by atoms with Crippen molar-refractivity contribution >= 4 is 11.8 Å². The molecule has 0 amide bonds. The van der Waals surface area contributed by atoms with Crippen molar-refractivity contribution in [3.05, 3.63) is 51.1 Å². The predicted octanol–water partition coefficient (Wildman–Crippen LogP) is 2.47. The largest absolute Gasteiger partial charge is 0.507 e. The minimum atomic E-state index is -0.469. The third-order valence-corrected chi connectivity index (χ3v) is 6.76. The first-order valence-electron chi connectivity index (χ1n) is 10.2. The molecule has 4 rings (SSSR count). The van der Waals surface area contributed by atoms with Crippen LogP contribution in [0.3, 0.4) is 0 Å². The van der Waals surface area contributed by atoms with Crippen LogP contribution in [0.1, 0.15) is 22.3 Å². The number of benzene rings is 1. The van der Waals surface area contributed by atoms with Crippen LogP contribution in [0, 0.1) is 0 Å². The highest BCUT2D eigenvalue weighted by molar-refractivity contribution is 7.99. The zero-order valence-electron chi connectivity index (χ0n) is 17.5. The summed E-state index contributed by atoms with van der Waals surface area (Å²) in [6.07, 6.45) is 2.25. The van der Waals surface area contributed by atoms with Gasteiger partial charge < -0.3 is 19.0 Å². The first-order valence-corrected chi connectivity index (χ1v) is 11.3. The summed E-state index contributed by atoms with van der Waals surface area (Å²) in [7, 11) is 3.26. The maximum atomic E-state index is 12.4. The van der Waals surface area contributed by atoms with Crippen LogP contribution in [0.2, 0.25) is 0 Å². The van der Waals surface area contributed by atoms with Crippen LogP contribution in [-0.4, -0.2) is 60.3 Å². The Kier molecular flexibility index (Phi) is 6.55. The summed E-state index contributed by atoms with van der Waals surface area (Å²) < 4.78 is 16.1. The number of hydrogen-bond acceptors (Lipinski definition) is 8. The molecule has 2 aliphatic rings. The highest BCUT2D eigenvalue weighted by Crippen LogP contribution is 2.34. The molecule has 1 aromatic carbocycles. The second-order valence-corrected chi connectivity index (χ2v) is 8.93. The van der Waals surface area contributed by atoms with Gasteiger partial charge in [-0.2, -0.15) is 11.8 Å². The van der Waals surface area contributed by atoms with Crippen LogP contribution in [0.25, 0.3) is 0 Å². The second-order valence-electron chi connectivity index (χ2n) is 7.70. The number of aromatic hydroxyl groups is 1. The lowest BCUT2D eigenvalue weighted by molar-refractivity contribution is 0.234. The Hall–Kier alpha value is -2.16. The second kappa shape index (κ2) is 9.32. The van der Waals surface area contributed by atoms with Gasteiger partial charge in [0.2, 0.25) is 0 Å². The van der Waals surface area contributed by atoms with E-state index in [1.54, 1.807) is 14.2 Å². The topological polar surface area (TPSA) is 75.4 Å². The van der Waals surface area contributed by atoms with Crippen molar-refractivity contribution in [2.75, 3.05) is 45.4 Å². The van der Waals surface area contributed by atoms with E-state index in [9.17, 15) is 9.90 Å². The first-order chi connectivity index (χ1) is 14.6. The van der Waals surface area contributed by atoms with E-state index >= 15 is 0 Å². The Labute approximate surface area is 180 Å². The van der Waals surface area contributed by atoms with Crippen LogP contribution >= 0.6 is 11.8 Å². The zero-order valence-corrected chi connectivity index (χ0v) is 18.3. The van der Waals surface area contributed by atoms with Crippen molar-refractivity contribution in [3.8, 4) is 17.2 Å². The molecule has 0 atom stereocenters. The third kappa shape index (κ3) is 4.45. The van der Waals surface area contributed by atoms with Crippen LogP contribution in [0.15, 0.2) is 27.6 Å². The van der Waals surface area contributed by atoms with Gasteiger partial charge in [-0.1, -0.05) is 0 Å². The molecule has 0 saturated carbocycles. The lowest BCUT2D eigenvalue weighted by Gasteiger charge is -2.30. The lowest BCUT2D eigenvalue weighted by atomic mass is 9.98. The van der Waals surface area contributed by atoms with E-state index in [0.717, 1.165) is 48.9 Å². The molecule has 1 aromatic heterocycles. The summed E-state index contributed by atoms with van der Waals surface area (Å²) >= 11 is 1.94. The molecule has 30 heavy (non-hydrogen) atoms. The molecule has 0 radical (unpaired) electrons. The smallest absolute Gasteiger partial charge is 0.343 e. The third-order valence-electron chi connectivity index (χ3n) is 5.82. The molecule has 0 bridgehead atoms. The van der Waals surface area contributed by atoms with Gasteiger partial charge in [0, 0.05) is 56.3 Å². The summed E-state index contributed by atoms with van der Waals surface area (Å²) in [6, 6.07) is 4.02. The molecule has 162 valence electrons. The van der Waals surface area contributed by atoms with E-state index in [1.165, 1.54) is 11.8 Å². The monoisotopic (exact) mass is 432 g/mol. The van der Waals surface area contributed by atoms with Crippen molar-refractivity contribution in [2.24, 2.45) is 0 Å². The quantitative estimate of drug-likeness (QED) is 0.746. The van der Waals surface area contributed by atoms with Gasteiger partial charge in [-0.05, 0) is 29.7 Å². The molecular formula is C22H28N2O5S. The molecule has 2 aliphatic heterocycles. The van der Waals surface area contributed by atoms with Gasteiger partial charge in [0.1, 0.15) is 12.0 Å². The van der Waals surface area contributed by atoms with Crippen LogP contribution in [0.5, 0.6) is 17.2 Å². The SMILES string of the molecule is COc1cc2c(cc1OC)CN(Cc1c(O)c(CN3CCSCC3)coc1=O)CC2. The predicted molar refractivity (Wildman–Crippen MR) is 117 cm³/mol. The highest BCUT2D eigenvalue weighted by atomic mass is 32.2.